The van der Waals surface area contributed by atoms with E-state index in [1.807, 2.05) is 75.4 Å². The molecule has 2 amide bonds. The van der Waals surface area contributed by atoms with Crippen LogP contribution in [-0.4, -0.2) is 55.2 Å². The third-order valence-electron chi connectivity index (χ3n) is 6.58. The van der Waals surface area contributed by atoms with E-state index in [4.69, 9.17) is 5.73 Å². The summed E-state index contributed by atoms with van der Waals surface area (Å²) >= 11 is 0. The fourth-order valence-corrected chi connectivity index (χ4v) is 5.53. The summed E-state index contributed by atoms with van der Waals surface area (Å²) in [4.78, 5) is 26.8. The lowest BCUT2D eigenvalue weighted by Gasteiger charge is -2.30. The molecule has 0 saturated heterocycles. The Labute approximate surface area is 234 Å². The first kappa shape index (κ1) is 29.2. The smallest absolute Gasteiger partial charge is 0.273 e. The van der Waals surface area contributed by atoms with Crippen LogP contribution >= 0.6 is 0 Å². The van der Waals surface area contributed by atoms with Crippen LogP contribution < -0.4 is 21.1 Å². The van der Waals surface area contributed by atoms with Crippen molar-refractivity contribution in [2.24, 2.45) is 11.1 Å². The molecule has 11 heteroatoms. The zero-order valence-electron chi connectivity index (χ0n) is 22.9. The van der Waals surface area contributed by atoms with Crippen molar-refractivity contribution in [3.05, 3.63) is 89.0 Å². The Hall–Kier alpha value is -3.80. The van der Waals surface area contributed by atoms with Gasteiger partial charge in [-0.3, -0.25) is 14.3 Å². The first-order chi connectivity index (χ1) is 19.0. The van der Waals surface area contributed by atoms with E-state index in [0.29, 0.717) is 18.4 Å². The van der Waals surface area contributed by atoms with Crippen molar-refractivity contribution in [1.29, 1.82) is 0 Å². The second-order valence-corrected chi connectivity index (χ2v) is 12.6. The second kappa shape index (κ2) is 12.2. The largest absolute Gasteiger partial charge is 0.353 e. The number of carbonyl (C=O) groups excluding carboxylic acids is 2. The molecular weight excluding hydrogens is 528 g/mol. The van der Waals surface area contributed by atoms with Gasteiger partial charge in [-0.2, -0.15) is 5.10 Å². The predicted molar refractivity (Wildman–Crippen MR) is 156 cm³/mol. The zero-order chi connectivity index (χ0) is 28.9. The highest BCUT2D eigenvalue weighted by molar-refractivity contribution is 7.93. The minimum Gasteiger partial charge on any atom is -0.353 e. The molecule has 1 aliphatic rings. The summed E-state index contributed by atoms with van der Waals surface area (Å²) in [7, 11) is -3.71. The van der Waals surface area contributed by atoms with E-state index in [1.54, 1.807) is 16.8 Å². The zero-order valence-corrected chi connectivity index (χ0v) is 23.7. The van der Waals surface area contributed by atoms with E-state index in [-0.39, 0.29) is 29.7 Å². The lowest BCUT2D eigenvalue weighted by Crippen LogP contribution is -2.54. The van der Waals surface area contributed by atoms with Gasteiger partial charge in [0, 0.05) is 24.5 Å². The van der Waals surface area contributed by atoms with E-state index in [9.17, 15) is 18.0 Å². The van der Waals surface area contributed by atoms with Crippen molar-refractivity contribution < 1.29 is 18.0 Å². The molecule has 0 bridgehead atoms. The fraction of sp³-hybridized carbons (Fsp3) is 0.345. The van der Waals surface area contributed by atoms with E-state index in [1.165, 1.54) is 6.08 Å². The molecule has 2 aromatic carbocycles. The van der Waals surface area contributed by atoms with Crippen molar-refractivity contribution in [2.75, 3.05) is 13.1 Å². The molecular formula is C29H36N6O4S. The van der Waals surface area contributed by atoms with Gasteiger partial charge in [0.1, 0.15) is 6.04 Å². The van der Waals surface area contributed by atoms with Crippen LogP contribution in [0.25, 0.3) is 10.9 Å². The average Bonchev–Trinajstić information content (AvgIpc) is 3.28. The lowest BCUT2D eigenvalue weighted by molar-refractivity contribution is -0.125. The number of para-hydroxylation sites is 1. The molecule has 2 atom stereocenters. The molecule has 0 spiro atoms. The van der Waals surface area contributed by atoms with Gasteiger partial charge in [0.2, 0.25) is 15.9 Å². The number of aromatic nitrogens is 2. The van der Waals surface area contributed by atoms with Crippen LogP contribution in [0.3, 0.4) is 0 Å². The number of allylic oxidation sites excluding steroid dienone is 1. The van der Waals surface area contributed by atoms with Crippen LogP contribution in [0.1, 0.15) is 43.2 Å². The Bertz CT molecular complexity index is 1540. The van der Waals surface area contributed by atoms with Crippen LogP contribution in [0, 0.1) is 5.41 Å². The summed E-state index contributed by atoms with van der Waals surface area (Å²) < 4.78 is 29.3. The van der Waals surface area contributed by atoms with Gasteiger partial charge in [-0.15, -0.1) is 0 Å². The molecule has 0 fully saturated rings. The minimum absolute atomic E-state index is 0.00928. The fourth-order valence-electron chi connectivity index (χ4n) is 4.42. The number of fused-ring (bicyclic) bond motifs is 1. The van der Waals surface area contributed by atoms with Gasteiger partial charge in [-0.25, -0.2) is 13.1 Å². The molecule has 1 heterocycles. The number of rotatable bonds is 10. The molecule has 3 aromatic rings. The molecule has 10 nitrogen and oxygen atoms in total. The summed E-state index contributed by atoms with van der Waals surface area (Å²) in [5.74, 6) is -0.885. The molecule has 40 heavy (non-hydrogen) atoms. The third-order valence-corrected chi connectivity index (χ3v) is 8.08. The van der Waals surface area contributed by atoms with Gasteiger partial charge in [0.05, 0.1) is 17.0 Å². The summed E-state index contributed by atoms with van der Waals surface area (Å²) in [6, 6.07) is 16.2. The summed E-state index contributed by atoms with van der Waals surface area (Å²) in [5, 5.41) is 10.9. The normalized spacial score (nSPS) is 16.4. The maximum atomic E-state index is 13.5. The molecule has 0 saturated carbocycles. The van der Waals surface area contributed by atoms with Crippen molar-refractivity contribution in [3.8, 4) is 0 Å². The number of carbonyl (C=O) groups is 2. The number of hydrogen-bond donors (Lipinski definition) is 4. The molecule has 0 radical (unpaired) electrons. The van der Waals surface area contributed by atoms with Crippen molar-refractivity contribution in [2.45, 2.75) is 45.8 Å². The Balaban J connectivity index is 1.43. The maximum absolute atomic E-state index is 13.5. The minimum atomic E-state index is -3.71. The van der Waals surface area contributed by atoms with E-state index in [2.05, 4.69) is 20.5 Å². The molecule has 4 rings (SSSR count). The predicted octanol–water partition coefficient (Wildman–Crippen LogP) is 2.44. The number of nitrogens with two attached hydrogens (primary N) is 1. The number of amides is 2. The highest BCUT2D eigenvalue weighted by Crippen LogP contribution is 2.23. The van der Waals surface area contributed by atoms with Crippen molar-refractivity contribution in [1.82, 2.24) is 25.1 Å². The first-order valence-corrected chi connectivity index (χ1v) is 14.7. The number of nitrogens with one attached hydrogen (secondary N) is 3. The molecule has 1 aliphatic carbocycles. The van der Waals surface area contributed by atoms with Gasteiger partial charge >= 0.3 is 0 Å². The highest BCUT2D eigenvalue weighted by Gasteiger charge is 2.34. The molecule has 0 aliphatic heterocycles. The summed E-state index contributed by atoms with van der Waals surface area (Å²) in [6.45, 7) is 6.07. The monoisotopic (exact) mass is 564 g/mol. The quantitative estimate of drug-likeness (QED) is 0.278. The average molecular weight is 565 g/mol. The van der Waals surface area contributed by atoms with Crippen molar-refractivity contribution >= 4 is 32.7 Å². The van der Waals surface area contributed by atoms with E-state index >= 15 is 0 Å². The Morgan fingerprint density at radius 2 is 1.77 bits per heavy atom. The standard InChI is InChI=1S/C29H36N6O4S/c1-29(2,3)26(28(37)31-17-18-32-40(38,39)22-15-13-21(30)14-16-22)33-27(36)25-23-11-7-8-12-24(23)35(34-25)19-20-9-5-4-6-10-20/h4-13,15-16,21,26,32H,14,17-19,30H2,1-3H3,(H,31,37)(H,33,36). The number of nitrogens with zero attached hydrogens (tertiary/aromatic N) is 2. The summed E-state index contributed by atoms with van der Waals surface area (Å²) in [6.07, 6.45) is 5.13. The topological polar surface area (TPSA) is 148 Å². The van der Waals surface area contributed by atoms with E-state index in [0.717, 1.165) is 11.1 Å². The molecule has 1 aromatic heterocycles. The lowest BCUT2D eigenvalue weighted by atomic mass is 9.86. The molecule has 5 N–H and O–H groups in total. The number of benzene rings is 2. The van der Waals surface area contributed by atoms with Crippen molar-refractivity contribution in [3.63, 3.8) is 0 Å². The van der Waals surface area contributed by atoms with Gasteiger partial charge in [0.15, 0.2) is 5.69 Å². The van der Waals surface area contributed by atoms with Gasteiger partial charge < -0.3 is 16.4 Å². The Kier molecular flexibility index (Phi) is 8.87. The summed E-state index contributed by atoms with van der Waals surface area (Å²) in [5.41, 5.74) is 7.22. The second-order valence-electron chi connectivity index (χ2n) is 10.8. The van der Waals surface area contributed by atoms with Crippen LogP contribution in [0.2, 0.25) is 0 Å². The molecule has 212 valence electrons. The van der Waals surface area contributed by atoms with Crippen LogP contribution in [0.5, 0.6) is 0 Å². The van der Waals surface area contributed by atoms with Crippen LogP contribution in [0.15, 0.2) is 77.7 Å². The van der Waals surface area contributed by atoms with Gasteiger partial charge in [-0.05, 0) is 29.5 Å². The maximum Gasteiger partial charge on any atom is 0.273 e. The third kappa shape index (κ3) is 7.04. The number of sulfonamides is 1. The molecule has 2 unspecified atom stereocenters. The SMILES string of the molecule is CC(C)(C)C(NC(=O)c1nn(Cc2ccccc2)c2ccccc12)C(=O)NCCNS(=O)(=O)C1=CCC(N)C=C1. The Morgan fingerprint density at radius 1 is 1.07 bits per heavy atom. The number of hydrogen-bond acceptors (Lipinski definition) is 6. The Morgan fingerprint density at radius 3 is 2.45 bits per heavy atom. The van der Waals surface area contributed by atoms with Crippen LogP contribution in [0.4, 0.5) is 0 Å². The van der Waals surface area contributed by atoms with Gasteiger partial charge in [-0.1, -0.05) is 81.5 Å². The van der Waals surface area contributed by atoms with Gasteiger partial charge in [0.25, 0.3) is 5.91 Å². The first-order valence-electron chi connectivity index (χ1n) is 13.2. The highest BCUT2D eigenvalue weighted by atomic mass is 32.2. The van der Waals surface area contributed by atoms with E-state index < -0.39 is 33.3 Å². The van der Waals surface area contributed by atoms with Crippen LogP contribution in [-0.2, 0) is 21.4 Å².